The second-order valence-electron chi connectivity index (χ2n) is 4.23. The first-order chi connectivity index (χ1) is 7.49. The summed E-state index contributed by atoms with van der Waals surface area (Å²) in [7, 11) is 0. The predicted octanol–water partition coefficient (Wildman–Crippen LogP) is 3.11. The van der Waals surface area contributed by atoms with Gasteiger partial charge in [0.25, 0.3) is 0 Å². The molecular weight excluding hydrogens is 205 g/mol. The van der Waals surface area contributed by atoms with E-state index in [0.29, 0.717) is 5.56 Å². The molecule has 16 heavy (non-hydrogen) atoms. The van der Waals surface area contributed by atoms with Crippen molar-refractivity contribution in [3.05, 3.63) is 29.6 Å². The average molecular weight is 225 g/mol. The third-order valence-electron chi connectivity index (χ3n) is 2.72. The number of rotatable bonds is 4. The van der Waals surface area contributed by atoms with Gasteiger partial charge < -0.3 is 10.0 Å². The second kappa shape index (κ2) is 5.30. The van der Waals surface area contributed by atoms with Gasteiger partial charge in [0.1, 0.15) is 5.82 Å². The molecule has 0 saturated carbocycles. The zero-order valence-electron chi connectivity index (χ0n) is 10.4. The van der Waals surface area contributed by atoms with E-state index in [2.05, 4.69) is 18.7 Å². The van der Waals surface area contributed by atoms with Gasteiger partial charge >= 0.3 is 0 Å². The van der Waals surface area contributed by atoms with Crippen LogP contribution >= 0.6 is 0 Å². The zero-order valence-corrected chi connectivity index (χ0v) is 10.4. The summed E-state index contributed by atoms with van der Waals surface area (Å²) in [5, 5.41) is 9.64. The van der Waals surface area contributed by atoms with Gasteiger partial charge in [0.2, 0.25) is 0 Å². The number of aliphatic hydroxyl groups excluding tert-OH is 1. The van der Waals surface area contributed by atoms with Crippen LogP contribution in [0.1, 0.15) is 39.4 Å². The first-order valence-electron chi connectivity index (χ1n) is 5.72. The largest absolute Gasteiger partial charge is 0.389 e. The maximum absolute atomic E-state index is 13.7. The molecular formula is C13H20FNO. The zero-order chi connectivity index (χ0) is 12.3. The summed E-state index contributed by atoms with van der Waals surface area (Å²) in [6.45, 7) is 8.52. The standard InChI is InChI=1S/C13H20FNO/c1-5-15(9(2)3)12-8-6-7-11(14)13(12)10(4)16/h6-10,16H,5H2,1-4H3. The van der Waals surface area contributed by atoms with Gasteiger partial charge in [0.05, 0.1) is 6.10 Å². The van der Waals surface area contributed by atoms with Crippen molar-refractivity contribution in [1.29, 1.82) is 0 Å². The van der Waals surface area contributed by atoms with Gasteiger partial charge in [-0.1, -0.05) is 6.07 Å². The molecule has 0 spiro atoms. The van der Waals surface area contributed by atoms with Crippen LogP contribution in [0.25, 0.3) is 0 Å². The smallest absolute Gasteiger partial charge is 0.131 e. The van der Waals surface area contributed by atoms with Crippen molar-refractivity contribution in [2.24, 2.45) is 0 Å². The van der Waals surface area contributed by atoms with Crippen LogP contribution in [-0.4, -0.2) is 17.7 Å². The molecule has 0 fully saturated rings. The molecule has 1 rings (SSSR count). The lowest BCUT2D eigenvalue weighted by molar-refractivity contribution is 0.194. The van der Waals surface area contributed by atoms with Crippen LogP contribution in [-0.2, 0) is 0 Å². The molecule has 1 atom stereocenters. The van der Waals surface area contributed by atoms with Gasteiger partial charge in [-0.2, -0.15) is 0 Å². The van der Waals surface area contributed by atoms with Crippen LogP contribution in [0.4, 0.5) is 10.1 Å². The Morgan fingerprint density at radius 2 is 1.94 bits per heavy atom. The number of anilines is 1. The van der Waals surface area contributed by atoms with E-state index < -0.39 is 6.10 Å². The van der Waals surface area contributed by atoms with E-state index >= 15 is 0 Å². The Morgan fingerprint density at radius 3 is 2.38 bits per heavy atom. The van der Waals surface area contributed by atoms with E-state index in [9.17, 15) is 9.50 Å². The van der Waals surface area contributed by atoms with Gasteiger partial charge in [-0.05, 0) is 39.8 Å². The lowest BCUT2D eigenvalue weighted by Crippen LogP contribution is -2.31. The molecule has 0 saturated heterocycles. The van der Waals surface area contributed by atoms with Gasteiger partial charge in [0, 0.05) is 23.8 Å². The highest BCUT2D eigenvalue weighted by atomic mass is 19.1. The molecule has 90 valence electrons. The molecule has 1 unspecified atom stereocenters. The molecule has 0 heterocycles. The van der Waals surface area contributed by atoms with Gasteiger partial charge in [0.15, 0.2) is 0 Å². The van der Waals surface area contributed by atoms with Crippen LogP contribution in [0, 0.1) is 5.82 Å². The van der Waals surface area contributed by atoms with Crippen LogP contribution in [0.2, 0.25) is 0 Å². The Hall–Kier alpha value is -1.09. The van der Waals surface area contributed by atoms with Crippen LogP contribution in [0.3, 0.4) is 0 Å². The highest BCUT2D eigenvalue weighted by molar-refractivity contribution is 5.55. The minimum Gasteiger partial charge on any atom is -0.389 e. The van der Waals surface area contributed by atoms with Crippen LogP contribution in [0.5, 0.6) is 0 Å². The summed E-state index contributed by atoms with van der Waals surface area (Å²) >= 11 is 0. The SMILES string of the molecule is CCN(c1cccc(F)c1C(C)O)C(C)C. The third kappa shape index (κ3) is 2.53. The van der Waals surface area contributed by atoms with Crippen molar-refractivity contribution in [2.45, 2.75) is 39.8 Å². The summed E-state index contributed by atoms with van der Waals surface area (Å²) in [4.78, 5) is 2.07. The molecule has 1 aromatic rings. The molecule has 2 nitrogen and oxygen atoms in total. The van der Waals surface area contributed by atoms with Crippen molar-refractivity contribution in [1.82, 2.24) is 0 Å². The molecule has 0 aliphatic carbocycles. The van der Waals surface area contributed by atoms with Gasteiger partial charge in [-0.3, -0.25) is 0 Å². The maximum atomic E-state index is 13.7. The molecule has 1 N–H and O–H groups in total. The number of hydrogen-bond acceptors (Lipinski definition) is 2. The first-order valence-corrected chi connectivity index (χ1v) is 5.72. The minimum absolute atomic E-state index is 0.282. The lowest BCUT2D eigenvalue weighted by Gasteiger charge is -2.30. The van der Waals surface area contributed by atoms with Crippen LogP contribution in [0.15, 0.2) is 18.2 Å². The fraction of sp³-hybridized carbons (Fsp3) is 0.538. The Kier molecular flexibility index (Phi) is 4.30. The molecule has 0 bridgehead atoms. The summed E-state index contributed by atoms with van der Waals surface area (Å²) in [6, 6.07) is 5.21. The molecule has 1 aromatic carbocycles. The van der Waals surface area contributed by atoms with Gasteiger partial charge in [-0.15, -0.1) is 0 Å². The maximum Gasteiger partial charge on any atom is 0.131 e. The Labute approximate surface area is 96.7 Å². The van der Waals surface area contributed by atoms with E-state index in [-0.39, 0.29) is 11.9 Å². The Morgan fingerprint density at radius 1 is 1.31 bits per heavy atom. The molecule has 3 heteroatoms. The molecule has 0 aromatic heterocycles. The van der Waals surface area contributed by atoms with Crippen molar-refractivity contribution < 1.29 is 9.50 Å². The molecule has 0 aliphatic heterocycles. The first kappa shape index (κ1) is 13.0. The number of nitrogens with zero attached hydrogens (tertiary/aromatic N) is 1. The van der Waals surface area contributed by atoms with E-state index in [1.807, 2.05) is 13.0 Å². The average Bonchev–Trinajstić information content (AvgIpc) is 2.17. The second-order valence-corrected chi connectivity index (χ2v) is 4.23. The Bertz CT molecular complexity index is 350. The fourth-order valence-corrected chi connectivity index (χ4v) is 2.00. The highest BCUT2D eigenvalue weighted by Gasteiger charge is 2.18. The molecule has 0 radical (unpaired) electrons. The summed E-state index contributed by atoms with van der Waals surface area (Å²) < 4.78 is 13.7. The lowest BCUT2D eigenvalue weighted by atomic mass is 10.1. The predicted molar refractivity (Wildman–Crippen MR) is 65.2 cm³/mol. The molecule has 0 aliphatic rings. The normalized spacial score (nSPS) is 12.9. The third-order valence-corrected chi connectivity index (χ3v) is 2.72. The van der Waals surface area contributed by atoms with Crippen LogP contribution < -0.4 is 4.90 Å². The summed E-state index contributed by atoms with van der Waals surface area (Å²) in [5.41, 5.74) is 1.17. The number of aliphatic hydroxyl groups is 1. The number of benzene rings is 1. The number of hydrogen-bond donors (Lipinski definition) is 1. The summed E-state index contributed by atoms with van der Waals surface area (Å²) in [5.74, 6) is -0.341. The fourth-order valence-electron chi connectivity index (χ4n) is 2.00. The topological polar surface area (TPSA) is 23.5 Å². The van der Waals surface area contributed by atoms with Crippen molar-refractivity contribution in [3.8, 4) is 0 Å². The van der Waals surface area contributed by atoms with E-state index in [4.69, 9.17) is 0 Å². The van der Waals surface area contributed by atoms with E-state index in [1.54, 1.807) is 13.0 Å². The van der Waals surface area contributed by atoms with E-state index in [1.165, 1.54) is 6.07 Å². The Balaban J connectivity index is 3.26. The minimum atomic E-state index is -0.788. The van der Waals surface area contributed by atoms with Crippen molar-refractivity contribution >= 4 is 5.69 Å². The van der Waals surface area contributed by atoms with E-state index in [0.717, 1.165) is 12.2 Å². The number of halogens is 1. The van der Waals surface area contributed by atoms with Crippen molar-refractivity contribution in [3.63, 3.8) is 0 Å². The quantitative estimate of drug-likeness (QED) is 0.851. The van der Waals surface area contributed by atoms with Crippen molar-refractivity contribution in [2.75, 3.05) is 11.4 Å². The highest BCUT2D eigenvalue weighted by Crippen LogP contribution is 2.29. The monoisotopic (exact) mass is 225 g/mol. The molecule has 0 amide bonds. The summed E-state index contributed by atoms with van der Waals surface area (Å²) in [6.07, 6.45) is -0.788. The van der Waals surface area contributed by atoms with Gasteiger partial charge in [-0.25, -0.2) is 4.39 Å².